The second kappa shape index (κ2) is 9.87. The Morgan fingerprint density at radius 2 is 1.83 bits per heavy atom. The zero-order valence-corrected chi connectivity index (χ0v) is 17.5. The molecule has 29 heavy (non-hydrogen) atoms. The summed E-state index contributed by atoms with van der Waals surface area (Å²) < 4.78 is 2.24. The highest BCUT2D eigenvalue weighted by Crippen LogP contribution is 2.24. The predicted molar refractivity (Wildman–Crippen MR) is 116 cm³/mol. The van der Waals surface area contributed by atoms with E-state index < -0.39 is 0 Å². The molecule has 0 spiro atoms. The summed E-state index contributed by atoms with van der Waals surface area (Å²) in [5, 5.41) is 15.7. The van der Waals surface area contributed by atoms with E-state index in [1.165, 1.54) is 44.3 Å². The number of guanidine groups is 1. The largest absolute Gasteiger partial charge is 0.357 e. The van der Waals surface area contributed by atoms with E-state index in [-0.39, 0.29) is 0 Å². The van der Waals surface area contributed by atoms with Gasteiger partial charge in [-0.2, -0.15) is 0 Å². The molecule has 2 aromatic rings. The number of fused-ring (bicyclic) bond motifs is 1. The van der Waals surface area contributed by atoms with Crippen LogP contribution in [-0.2, 0) is 19.5 Å². The number of hydrogen-bond acceptors (Lipinski definition) is 4. The highest BCUT2D eigenvalue weighted by atomic mass is 15.3. The van der Waals surface area contributed by atoms with Gasteiger partial charge in [-0.05, 0) is 51.3 Å². The van der Waals surface area contributed by atoms with E-state index in [1.807, 2.05) is 0 Å². The van der Waals surface area contributed by atoms with Crippen LogP contribution in [0.1, 0.15) is 55.9 Å². The molecular weight excluding hydrogens is 362 g/mol. The first-order chi connectivity index (χ1) is 14.3. The van der Waals surface area contributed by atoms with Gasteiger partial charge in [0.05, 0.1) is 6.04 Å². The van der Waals surface area contributed by atoms with Crippen LogP contribution in [0, 0.1) is 0 Å². The number of nitrogens with zero attached hydrogens (tertiary/aromatic N) is 5. The van der Waals surface area contributed by atoms with E-state index in [0.29, 0.717) is 12.6 Å². The van der Waals surface area contributed by atoms with Crippen molar-refractivity contribution in [3.8, 4) is 0 Å². The van der Waals surface area contributed by atoms with Crippen LogP contribution >= 0.6 is 0 Å². The second-order valence-electron chi connectivity index (χ2n) is 7.89. The van der Waals surface area contributed by atoms with Crippen LogP contribution in [0.2, 0.25) is 0 Å². The summed E-state index contributed by atoms with van der Waals surface area (Å²) in [5.41, 5.74) is 1.37. The molecular formula is C22H33N7. The highest BCUT2D eigenvalue weighted by molar-refractivity contribution is 5.79. The van der Waals surface area contributed by atoms with Gasteiger partial charge in [-0.3, -0.25) is 4.90 Å². The minimum Gasteiger partial charge on any atom is -0.357 e. The van der Waals surface area contributed by atoms with Crippen LogP contribution in [0.5, 0.6) is 0 Å². The smallest absolute Gasteiger partial charge is 0.191 e. The Hall–Kier alpha value is -2.41. The first kappa shape index (κ1) is 19.9. The van der Waals surface area contributed by atoms with Gasteiger partial charge in [-0.15, -0.1) is 10.2 Å². The van der Waals surface area contributed by atoms with E-state index in [2.05, 4.69) is 67.6 Å². The fourth-order valence-electron chi connectivity index (χ4n) is 4.36. The third-order valence-corrected chi connectivity index (χ3v) is 5.89. The van der Waals surface area contributed by atoms with Gasteiger partial charge in [0.2, 0.25) is 0 Å². The van der Waals surface area contributed by atoms with Gasteiger partial charge in [0.1, 0.15) is 12.4 Å². The number of aromatic nitrogens is 3. The summed E-state index contributed by atoms with van der Waals surface area (Å²) >= 11 is 0. The van der Waals surface area contributed by atoms with Crippen molar-refractivity contribution in [2.45, 2.75) is 58.2 Å². The Balaban J connectivity index is 1.44. The lowest BCUT2D eigenvalue weighted by Gasteiger charge is -2.29. The van der Waals surface area contributed by atoms with Crippen molar-refractivity contribution in [2.24, 2.45) is 4.99 Å². The lowest BCUT2D eigenvalue weighted by molar-refractivity contribution is 0.245. The van der Waals surface area contributed by atoms with Crippen molar-refractivity contribution < 1.29 is 0 Å². The Morgan fingerprint density at radius 1 is 1.03 bits per heavy atom. The summed E-state index contributed by atoms with van der Waals surface area (Å²) in [5.74, 6) is 2.93. The zero-order valence-electron chi connectivity index (χ0n) is 17.5. The fourth-order valence-corrected chi connectivity index (χ4v) is 4.36. The lowest BCUT2D eigenvalue weighted by Crippen LogP contribution is -2.42. The zero-order chi connectivity index (χ0) is 19.9. The molecule has 1 unspecified atom stereocenters. The molecule has 1 saturated heterocycles. The molecule has 0 amide bonds. The Morgan fingerprint density at radius 3 is 2.62 bits per heavy atom. The van der Waals surface area contributed by atoms with Crippen LogP contribution < -0.4 is 10.6 Å². The second-order valence-corrected chi connectivity index (χ2v) is 7.89. The van der Waals surface area contributed by atoms with Gasteiger partial charge in [0.15, 0.2) is 11.8 Å². The highest BCUT2D eigenvalue weighted by Gasteiger charge is 2.23. The third kappa shape index (κ3) is 4.96. The minimum atomic E-state index is 0.364. The van der Waals surface area contributed by atoms with Gasteiger partial charge in [0.25, 0.3) is 0 Å². The minimum absolute atomic E-state index is 0.364. The number of benzene rings is 1. The quantitative estimate of drug-likeness (QED) is 0.557. The Kier molecular flexibility index (Phi) is 6.77. The summed E-state index contributed by atoms with van der Waals surface area (Å²) in [4.78, 5) is 7.39. The summed E-state index contributed by atoms with van der Waals surface area (Å²) in [7, 11) is 0. The van der Waals surface area contributed by atoms with Gasteiger partial charge in [-0.25, -0.2) is 4.99 Å². The molecule has 2 aliphatic heterocycles. The predicted octanol–water partition coefficient (Wildman–Crippen LogP) is 2.51. The molecule has 1 aromatic heterocycles. The lowest BCUT2D eigenvalue weighted by atomic mass is 10.1. The molecule has 0 aliphatic carbocycles. The molecule has 1 atom stereocenters. The fraction of sp³-hybridized carbons (Fsp3) is 0.591. The van der Waals surface area contributed by atoms with Gasteiger partial charge in [-0.1, -0.05) is 30.3 Å². The number of nitrogens with one attached hydrogen (secondary N) is 2. The van der Waals surface area contributed by atoms with E-state index >= 15 is 0 Å². The van der Waals surface area contributed by atoms with Crippen LogP contribution in [0.4, 0.5) is 0 Å². The number of likely N-dealkylation sites (tertiary alicyclic amines) is 1. The van der Waals surface area contributed by atoms with Gasteiger partial charge >= 0.3 is 0 Å². The van der Waals surface area contributed by atoms with Gasteiger partial charge < -0.3 is 15.2 Å². The number of aliphatic imine (C=N–C) groups is 1. The standard InChI is InChI=1S/C22H33N7/c1-2-23-22(25-17-21-27-26-20-12-6-7-15-29(20)21)24-16-19(28-13-8-9-14-28)18-10-4-3-5-11-18/h3-5,10-11,19H,2,6-9,12-17H2,1H3,(H2,23,24,25). The topological polar surface area (TPSA) is 70.4 Å². The molecule has 156 valence electrons. The molecule has 1 fully saturated rings. The van der Waals surface area contributed by atoms with Crippen molar-refractivity contribution in [1.82, 2.24) is 30.3 Å². The molecule has 7 heteroatoms. The monoisotopic (exact) mass is 395 g/mol. The number of aryl methyl sites for hydroxylation is 1. The molecule has 7 nitrogen and oxygen atoms in total. The maximum atomic E-state index is 4.81. The van der Waals surface area contributed by atoms with Crippen LogP contribution in [0.25, 0.3) is 0 Å². The average Bonchev–Trinajstić information content (AvgIpc) is 3.43. The summed E-state index contributed by atoms with van der Waals surface area (Å²) in [6.07, 6.45) is 6.02. The first-order valence-electron chi connectivity index (χ1n) is 11.1. The molecule has 1 aromatic carbocycles. The SMILES string of the molecule is CCNC(=NCc1nnc2n1CCCC2)NCC(c1ccccc1)N1CCCC1. The molecule has 0 radical (unpaired) electrons. The van der Waals surface area contributed by atoms with E-state index in [9.17, 15) is 0 Å². The van der Waals surface area contributed by atoms with Gasteiger partial charge in [0, 0.05) is 26.1 Å². The van der Waals surface area contributed by atoms with Crippen molar-refractivity contribution in [1.29, 1.82) is 0 Å². The van der Waals surface area contributed by atoms with Crippen molar-refractivity contribution in [2.75, 3.05) is 26.2 Å². The summed E-state index contributed by atoms with van der Waals surface area (Å²) in [6.45, 7) is 7.69. The molecule has 4 rings (SSSR count). The molecule has 2 aliphatic rings. The molecule has 3 heterocycles. The van der Waals surface area contributed by atoms with Crippen molar-refractivity contribution >= 4 is 5.96 Å². The average molecular weight is 396 g/mol. The first-order valence-corrected chi connectivity index (χ1v) is 11.1. The van der Waals surface area contributed by atoms with Crippen LogP contribution in [0.3, 0.4) is 0 Å². The van der Waals surface area contributed by atoms with Crippen LogP contribution in [-0.4, -0.2) is 51.8 Å². The third-order valence-electron chi connectivity index (χ3n) is 5.89. The van der Waals surface area contributed by atoms with E-state index in [1.54, 1.807) is 0 Å². The number of rotatable bonds is 7. The number of hydrogen-bond donors (Lipinski definition) is 2. The maximum Gasteiger partial charge on any atom is 0.191 e. The van der Waals surface area contributed by atoms with E-state index in [4.69, 9.17) is 4.99 Å². The van der Waals surface area contributed by atoms with Crippen molar-refractivity contribution in [3.63, 3.8) is 0 Å². The van der Waals surface area contributed by atoms with Crippen LogP contribution in [0.15, 0.2) is 35.3 Å². The molecule has 0 bridgehead atoms. The van der Waals surface area contributed by atoms with Crippen molar-refractivity contribution in [3.05, 3.63) is 47.5 Å². The molecule has 2 N–H and O–H groups in total. The Bertz CT molecular complexity index is 793. The van der Waals surface area contributed by atoms with E-state index in [0.717, 1.165) is 43.7 Å². The maximum absolute atomic E-state index is 4.81. The Labute approximate surface area is 173 Å². The molecule has 0 saturated carbocycles. The summed E-state index contributed by atoms with van der Waals surface area (Å²) in [6, 6.07) is 11.2. The normalized spacial score (nSPS) is 18.4.